The molecule has 1 aliphatic heterocycles. The van der Waals surface area contributed by atoms with Gasteiger partial charge in [-0.05, 0) is 32.0 Å². The molecule has 1 amide bonds. The summed E-state index contributed by atoms with van der Waals surface area (Å²) in [5.74, 6) is -0.291. The summed E-state index contributed by atoms with van der Waals surface area (Å²) in [5.41, 5.74) is 7.28. The number of amides is 1. The van der Waals surface area contributed by atoms with Crippen LogP contribution in [0, 0.1) is 0 Å². The van der Waals surface area contributed by atoms with Gasteiger partial charge in [-0.2, -0.15) is 0 Å². The predicted octanol–water partition coefficient (Wildman–Crippen LogP) is 1.22. The molecular weight excluding hydrogens is 226 g/mol. The summed E-state index contributed by atoms with van der Waals surface area (Å²) >= 11 is 0. The third-order valence-electron chi connectivity index (χ3n) is 3.63. The number of para-hydroxylation sites is 1. The molecule has 4 heteroatoms. The van der Waals surface area contributed by atoms with Crippen molar-refractivity contribution in [3.05, 3.63) is 29.8 Å². The van der Waals surface area contributed by atoms with E-state index in [1.807, 2.05) is 24.3 Å². The van der Waals surface area contributed by atoms with E-state index in [4.69, 9.17) is 5.73 Å². The maximum atomic E-state index is 11.0. The topological polar surface area (TPSA) is 58.4 Å². The number of carbonyl (C=O) groups is 1. The van der Waals surface area contributed by atoms with E-state index in [-0.39, 0.29) is 5.91 Å². The molecule has 1 saturated heterocycles. The Labute approximate surface area is 108 Å². The number of hydrogen-bond acceptors (Lipinski definition) is 3. The fourth-order valence-electron chi connectivity index (χ4n) is 2.52. The van der Waals surface area contributed by atoms with Gasteiger partial charge in [0.15, 0.2) is 0 Å². The van der Waals surface area contributed by atoms with Crippen LogP contribution in [0.1, 0.15) is 18.9 Å². The van der Waals surface area contributed by atoms with Gasteiger partial charge < -0.3 is 16.0 Å². The number of rotatable bonds is 4. The van der Waals surface area contributed by atoms with Crippen LogP contribution in [-0.2, 0) is 11.2 Å². The van der Waals surface area contributed by atoms with Crippen LogP contribution >= 0.6 is 0 Å². The van der Waals surface area contributed by atoms with Crippen molar-refractivity contribution in [2.24, 2.45) is 5.73 Å². The van der Waals surface area contributed by atoms with Crippen molar-refractivity contribution in [3.63, 3.8) is 0 Å². The Kier molecular flexibility index (Phi) is 3.87. The number of nitrogens with two attached hydrogens (primary N) is 1. The molecule has 4 nitrogen and oxygen atoms in total. The van der Waals surface area contributed by atoms with Crippen molar-refractivity contribution in [2.45, 2.75) is 31.8 Å². The van der Waals surface area contributed by atoms with E-state index in [0.717, 1.165) is 24.2 Å². The van der Waals surface area contributed by atoms with Crippen LogP contribution in [0.25, 0.3) is 0 Å². The Hall–Kier alpha value is -1.55. The zero-order chi connectivity index (χ0) is 13.1. The zero-order valence-electron chi connectivity index (χ0n) is 11.0. The van der Waals surface area contributed by atoms with Crippen LogP contribution in [0.15, 0.2) is 24.3 Å². The first kappa shape index (κ1) is 12.9. The summed E-state index contributed by atoms with van der Waals surface area (Å²) in [6.07, 6.45) is 1.42. The van der Waals surface area contributed by atoms with Crippen LogP contribution in [-0.4, -0.2) is 36.5 Å². The molecule has 1 heterocycles. The van der Waals surface area contributed by atoms with Gasteiger partial charge in [-0.1, -0.05) is 18.2 Å². The second-order valence-corrected chi connectivity index (χ2v) is 5.17. The quantitative estimate of drug-likeness (QED) is 0.841. The van der Waals surface area contributed by atoms with Gasteiger partial charge in [-0.15, -0.1) is 0 Å². The minimum atomic E-state index is -0.291. The van der Waals surface area contributed by atoms with E-state index in [1.54, 1.807) is 0 Å². The third-order valence-corrected chi connectivity index (χ3v) is 3.63. The van der Waals surface area contributed by atoms with E-state index >= 15 is 0 Å². The number of primary amides is 1. The molecule has 0 bridgehead atoms. The number of likely N-dealkylation sites (tertiary alicyclic amines) is 1. The highest BCUT2D eigenvalue weighted by molar-refractivity contribution is 5.78. The molecule has 0 spiro atoms. The molecule has 2 atom stereocenters. The average Bonchev–Trinajstić information content (AvgIpc) is 2.60. The largest absolute Gasteiger partial charge is 0.381 e. The molecule has 1 aliphatic rings. The Morgan fingerprint density at radius 3 is 2.83 bits per heavy atom. The van der Waals surface area contributed by atoms with Gasteiger partial charge in [0.1, 0.15) is 0 Å². The Morgan fingerprint density at radius 2 is 2.22 bits per heavy atom. The molecule has 0 aromatic heterocycles. The summed E-state index contributed by atoms with van der Waals surface area (Å²) in [5, 5.41) is 3.53. The van der Waals surface area contributed by atoms with Crippen molar-refractivity contribution in [2.75, 3.05) is 18.9 Å². The fraction of sp³-hybridized carbons (Fsp3) is 0.500. The standard InChI is InChI=1S/C14H21N3O/c1-10-7-12(9-17(10)2)16-13-6-4-3-5-11(13)8-14(15)18/h3-6,10,12,16H,7-9H2,1-2H3,(H2,15,18). The van der Waals surface area contributed by atoms with Crippen molar-refractivity contribution in [3.8, 4) is 0 Å². The van der Waals surface area contributed by atoms with Crippen molar-refractivity contribution in [1.29, 1.82) is 0 Å². The van der Waals surface area contributed by atoms with Gasteiger partial charge >= 0.3 is 0 Å². The van der Waals surface area contributed by atoms with E-state index < -0.39 is 0 Å². The van der Waals surface area contributed by atoms with Gasteiger partial charge in [0.25, 0.3) is 0 Å². The number of anilines is 1. The highest BCUT2D eigenvalue weighted by Crippen LogP contribution is 2.22. The minimum Gasteiger partial charge on any atom is -0.381 e. The Morgan fingerprint density at radius 1 is 1.50 bits per heavy atom. The summed E-state index contributed by atoms with van der Waals surface area (Å²) in [7, 11) is 2.14. The number of nitrogens with one attached hydrogen (secondary N) is 1. The normalized spacial score (nSPS) is 24.1. The van der Waals surface area contributed by atoms with Crippen molar-refractivity contribution in [1.82, 2.24) is 4.90 Å². The third kappa shape index (κ3) is 3.01. The SMILES string of the molecule is CC1CC(Nc2ccccc2CC(N)=O)CN1C. The van der Waals surface area contributed by atoms with Crippen molar-refractivity contribution >= 4 is 11.6 Å². The first-order valence-corrected chi connectivity index (χ1v) is 6.39. The Bertz CT molecular complexity index is 423. The molecule has 2 unspecified atom stereocenters. The number of likely N-dealkylation sites (N-methyl/N-ethyl adjacent to an activating group) is 1. The van der Waals surface area contributed by atoms with Gasteiger partial charge in [0.05, 0.1) is 6.42 Å². The minimum absolute atomic E-state index is 0.291. The first-order valence-electron chi connectivity index (χ1n) is 6.39. The summed E-state index contributed by atoms with van der Waals surface area (Å²) in [4.78, 5) is 13.4. The van der Waals surface area contributed by atoms with Crippen LogP contribution < -0.4 is 11.1 Å². The molecule has 0 aliphatic carbocycles. The lowest BCUT2D eigenvalue weighted by Crippen LogP contribution is -2.25. The van der Waals surface area contributed by atoms with Crippen LogP contribution in [0.5, 0.6) is 0 Å². The lowest BCUT2D eigenvalue weighted by molar-refractivity contribution is -0.117. The average molecular weight is 247 g/mol. The van der Waals surface area contributed by atoms with Crippen LogP contribution in [0.4, 0.5) is 5.69 Å². The Balaban J connectivity index is 2.07. The molecule has 2 rings (SSSR count). The second-order valence-electron chi connectivity index (χ2n) is 5.17. The van der Waals surface area contributed by atoms with E-state index in [9.17, 15) is 4.79 Å². The van der Waals surface area contributed by atoms with Gasteiger partial charge in [0, 0.05) is 24.3 Å². The molecular formula is C14H21N3O. The lowest BCUT2D eigenvalue weighted by Gasteiger charge is -2.17. The number of benzene rings is 1. The smallest absolute Gasteiger partial charge is 0.221 e. The van der Waals surface area contributed by atoms with E-state index in [1.165, 1.54) is 0 Å². The predicted molar refractivity (Wildman–Crippen MR) is 73.5 cm³/mol. The van der Waals surface area contributed by atoms with Crippen molar-refractivity contribution < 1.29 is 4.79 Å². The maximum absolute atomic E-state index is 11.0. The molecule has 0 radical (unpaired) electrons. The molecule has 0 saturated carbocycles. The molecule has 98 valence electrons. The molecule has 1 fully saturated rings. The summed E-state index contributed by atoms with van der Waals surface area (Å²) < 4.78 is 0. The zero-order valence-corrected chi connectivity index (χ0v) is 11.0. The summed E-state index contributed by atoms with van der Waals surface area (Å²) in [6, 6.07) is 8.93. The monoisotopic (exact) mass is 247 g/mol. The molecule has 1 aromatic carbocycles. The van der Waals surface area contributed by atoms with E-state index in [0.29, 0.717) is 18.5 Å². The van der Waals surface area contributed by atoms with Gasteiger partial charge in [0.2, 0.25) is 5.91 Å². The number of hydrogen-bond donors (Lipinski definition) is 2. The first-order chi connectivity index (χ1) is 8.56. The fourth-order valence-corrected chi connectivity index (χ4v) is 2.52. The number of carbonyl (C=O) groups excluding carboxylic acids is 1. The van der Waals surface area contributed by atoms with E-state index in [2.05, 4.69) is 24.2 Å². The molecule has 18 heavy (non-hydrogen) atoms. The van der Waals surface area contributed by atoms with Crippen LogP contribution in [0.2, 0.25) is 0 Å². The lowest BCUT2D eigenvalue weighted by atomic mass is 10.1. The molecule has 1 aromatic rings. The van der Waals surface area contributed by atoms with Gasteiger partial charge in [-0.25, -0.2) is 0 Å². The summed E-state index contributed by atoms with van der Waals surface area (Å²) in [6.45, 7) is 3.27. The number of nitrogens with zero attached hydrogens (tertiary/aromatic N) is 1. The second kappa shape index (κ2) is 5.40. The molecule has 3 N–H and O–H groups in total. The highest BCUT2D eigenvalue weighted by atomic mass is 16.1. The highest BCUT2D eigenvalue weighted by Gasteiger charge is 2.26. The van der Waals surface area contributed by atoms with Gasteiger partial charge in [-0.3, -0.25) is 4.79 Å². The van der Waals surface area contributed by atoms with Crippen LogP contribution in [0.3, 0.4) is 0 Å². The maximum Gasteiger partial charge on any atom is 0.221 e.